The van der Waals surface area contributed by atoms with Crippen molar-refractivity contribution in [2.75, 3.05) is 5.32 Å². The normalized spacial score (nSPS) is 23.1. The van der Waals surface area contributed by atoms with Crippen molar-refractivity contribution >= 4 is 5.82 Å². The van der Waals surface area contributed by atoms with Gasteiger partial charge in [0.2, 0.25) is 5.92 Å². The van der Waals surface area contributed by atoms with Crippen molar-refractivity contribution in [3.8, 4) is 0 Å². The van der Waals surface area contributed by atoms with E-state index in [1.54, 1.807) is 0 Å². The predicted molar refractivity (Wildman–Crippen MR) is 80.8 cm³/mol. The first kappa shape index (κ1) is 16.1. The molecule has 1 saturated carbocycles. The van der Waals surface area contributed by atoms with Gasteiger partial charge in [0.05, 0.1) is 0 Å². The van der Waals surface area contributed by atoms with Crippen LogP contribution in [0.25, 0.3) is 0 Å². The van der Waals surface area contributed by atoms with Crippen molar-refractivity contribution in [3.05, 3.63) is 17.1 Å². The van der Waals surface area contributed by atoms with Crippen LogP contribution in [0.2, 0.25) is 0 Å². The summed E-state index contributed by atoms with van der Waals surface area (Å²) in [6, 6.07) is 0.333. The van der Waals surface area contributed by atoms with Gasteiger partial charge in [0.1, 0.15) is 11.6 Å². The number of rotatable bonds is 4. The third-order valence-corrected chi connectivity index (χ3v) is 4.34. The summed E-state index contributed by atoms with van der Waals surface area (Å²) in [5, 5.41) is 3.48. The molecule has 3 nitrogen and oxygen atoms in total. The average Bonchev–Trinajstić information content (AvgIpc) is 2.36. The Bertz CT molecular complexity index is 489. The molecule has 0 unspecified atom stereocenters. The fraction of sp³-hybridized carbons (Fsp3) is 0.750. The van der Waals surface area contributed by atoms with E-state index in [2.05, 4.69) is 15.3 Å². The minimum absolute atomic E-state index is 0.0183. The van der Waals surface area contributed by atoms with Gasteiger partial charge in [-0.05, 0) is 59.3 Å². The van der Waals surface area contributed by atoms with Crippen molar-refractivity contribution in [1.82, 2.24) is 9.97 Å². The van der Waals surface area contributed by atoms with Gasteiger partial charge in [-0.1, -0.05) is 0 Å². The summed E-state index contributed by atoms with van der Waals surface area (Å²) >= 11 is 0. The van der Waals surface area contributed by atoms with Crippen LogP contribution < -0.4 is 5.32 Å². The molecular formula is C16H25F2N3. The average molecular weight is 297 g/mol. The second kappa shape index (κ2) is 6.24. The minimum Gasteiger partial charge on any atom is -0.367 e. The molecule has 0 radical (unpaired) electrons. The Morgan fingerprint density at radius 2 is 1.71 bits per heavy atom. The molecular weight excluding hydrogens is 272 g/mol. The highest BCUT2D eigenvalue weighted by molar-refractivity contribution is 5.46. The van der Waals surface area contributed by atoms with E-state index >= 15 is 0 Å². The van der Waals surface area contributed by atoms with Crippen LogP contribution in [0.3, 0.4) is 0 Å². The van der Waals surface area contributed by atoms with Gasteiger partial charge in [0.15, 0.2) is 0 Å². The van der Waals surface area contributed by atoms with E-state index in [0.717, 1.165) is 55.5 Å². The molecule has 1 aromatic heterocycles. The molecule has 0 bridgehead atoms. The molecule has 0 amide bonds. The Labute approximate surface area is 125 Å². The molecule has 0 aromatic carbocycles. The molecule has 0 atom stereocenters. The summed E-state index contributed by atoms with van der Waals surface area (Å²) in [6.07, 6.45) is 3.61. The Morgan fingerprint density at radius 3 is 2.29 bits per heavy atom. The van der Waals surface area contributed by atoms with Crippen LogP contribution in [0.4, 0.5) is 14.6 Å². The van der Waals surface area contributed by atoms with Gasteiger partial charge in [0.25, 0.3) is 0 Å². The third-order valence-electron chi connectivity index (χ3n) is 4.34. The SMILES string of the molecule is Cc1nc(C)c(C)c(NC2CCC(CC(C)(F)F)CC2)n1. The minimum atomic E-state index is -2.54. The molecule has 1 aliphatic carbocycles. The Balaban J connectivity index is 1.92. The highest BCUT2D eigenvalue weighted by Gasteiger charge is 2.30. The predicted octanol–water partition coefficient (Wildman–Crippen LogP) is 4.42. The third kappa shape index (κ3) is 4.61. The number of alkyl halides is 2. The zero-order valence-electron chi connectivity index (χ0n) is 13.3. The van der Waals surface area contributed by atoms with Gasteiger partial charge in [-0.15, -0.1) is 0 Å². The number of halogens is 2. The summed E-state index contributed by atoms with van der Waals surface area (Å²) in [6.45, 7) is 6.90. The summed E-state index contributed by atoms with van der Waals surface area (Å²) < 4.78 is 26.1. The Morgan fingerprint density at radius 1 is 1.10 bits per heavy atom. The summed E-state index contributed by atoms with van der Waals surface area (Å²) in [4.78, 5) is 8.81. The molecule has 0 spiro atoms. The molecule has 1 aliphatic rings. The maximum Gasteiger partial charge on any atom is 0.245 e. The van der Waals surface area contributed by atoms with E-state index in [1.807, 2.05) is 20.8 Å². The maximum atomic E-state index is 13.1. The quantitative estimate of drug-likeness (QED) is 0.894. The molecule has 1 fully saturated rings. The number of aryl methyl sites for hydroxylation is 2. The van der Waals surface area contributed by atoms with E-state index in [0.29, 0.717) is 6.04 Å². The number of aromatic nitrogens is 2. The largest absolute Gasteiger partial charge is 0.367 e. The maximum absolute atomic E-state index is 13.1. The van der Waals surface area contributed by atoms with Gasteiger partial charge in [-0.2, -0.15) is 0 Å². The lowest BCUT2D eigenvalue weighted by Crippen LogP contribution is -2.29. The van der Waals surface area contributed by atoms with Gasteiger partial charge in [-0.3, -0.25) is 0 Å². The van der Waals surface area contributed by atoms with Crippen molar-refractivity contribution in [1.29, 1.82) is 0 Å². The lowest BCUT2D eigenvalue weighted by molar-refractivity contribution is -0.00896. The van der Waals surface area contributed by atoms with Crippen LogP contribution >= 0.6 is 0 Å². The van der Waals surface area contributed by atoms with Crippen molar-refractivity contribution in [2.45, 2.75) is 71.8 Å². The van der Waals surface area contributed by atoms with Crippen LogP contribution in [0, 0.1) is 26.7 Å². The second-order valence-electron chi connectivity index (χ2n) is 6.47. The van der Waals surface area contributed by atoms with Crippen LogP contribution in [-0.4, -0.2) is 21.9 Å². The first-order chi connectivity index (χ1) is 9.74. The lowest BCUT2D eigenvalue weighted by atomic mass is 9.83. The highest BCUT2D eigenvalue weighted by atomic mass is 19.3. The van der Waals surface area contributed by atoms with Crippen LogP contribution in [0.1, 0.15) is 56.1 Å². The monoisotopic (exact) mass is 297 g/mol. The smallest absolute Gasteiger partial charge is 0.245 e. The van der Waals surface area contributed by atoms with E-state index in [4.69, 9.17) is 0 Å². The number of hydrogen-bond acceptors (Lipinski definition) is 3. The molecule has 21 heavy (non-hydrogen) atoms. The van der Waals surface area contributed by atoms with E-state index < -0.39 is 5.92 Å². The molecule has 0 saturated heterocycles. The van der Waals surface area contributed by atoms with Crippen LogP contribution in [0.15, 0.2) is 0 Å². The molecule has 1 N–H and O–H groups in total. The molecule has 2 rings (SSSR count). The second-order valence-corrected chi connectivity index (χ2v) is 6.47. The Hall–Kier alpha value is -1.26. The number of hydrogen-bond donors (Lipinski definition) is 1. The number of nitrogens with one attached hydrogen (secondary N) is 1. The molecule has 5 heteroatoms. The zero-order chi connectivity index (χ0) is 15.6. The van der Waals surface area contributed by atoms with Crippen LogP contribution in [0.5, 0.6) is 0 Å². The van der Waals surface area contributed by atoms with Gasteiger partial charge < -0.3 is 5.32 Å². The van der Waals surface area contributed by atoms with Crippen molar-refractivity contribution < 1.29 is 8.78 Å². The topological polar surface area (TPSA) is 37.8 Å². The molecule has 1 heterocycles. The summed E-state index contributed by atoms with van der Waals surface area (Å²) in [5.74, 6) is -0.732. The molecule has 1 aromatic rings. The van der Waals surface area contributed by atoms with Gasteiger partial charge in [-0.25, -0.2) is 18.7 Å². The molecule has 118 valence electrons. The van der Waals surface area contributed by atoms with E-state index in [9.17, 15) is 8.78 Å². The fourth-order valence-corrected chi connectivity index (χ4v) is 3.12. The van der Waals surface area contributed by atoms with Gasteiger partial charge >= 0.3 is 0 Å². The van der Waals surface area contributed by atoms with E-state index in [-0.39, 0.29) is 12.3 Å². The van der Waals surface area contributed by atoms with Crippen molar-refractivity contribution in [2.24, 2.45) is 5.92 Å². The number of nitrogens with zero attached hydrogens (tertiary/aromatic N) is 2. The lowest BCUT2D eigenvalue weighted by Gasteiger charge is -2.31. The van der Waals surface area contributed by atoms with Crippen molar-refractivity contribution in [3.63, 3.8) is 0 Å². The zero-order valence-corrected chi connectivity index (χ0v) is 13.3. The van der Waals surface area contributed by atoms with Gasteiger partial charge in [0, 0.05) is 23.7 Å². The first-order valence-corrected chi connectivity index (χ1v) is 7.71. The standard InChI is InChI=1S/C16H25F2N3/c1-10-11(2)19-12(3)20-15(10)21-14-7-5-13(6-8-14)9-16(4,17)18/h13-14H,5-9H2,1-4H3,(H,19,20,21). The summed E-state index contributed by atoms with van der Waals surface area (Å²) in [5.41, 5.74) is 2.06. The fourth-order valence-electron chi connectivity index (χ4n) is 3.12. The number of anilines is 1. The van der Waals surface area contributed by atoms with Crippen LogP contribution in [-0.2, 0) is 0 Å². The first-order valence-electron chi connectivity index (χ1n) is 7.71. The van der Waals surface area contributed by atoms with E-state index in [1.165, 1.54) is 0 Å². The highest BCUT2D eigenvalue weighted by Crippen LogP contribution is 2.34. The summed E-state index contributed by atoms with van der Waals surface area (Å²) in [7, 11) is 0. The molecule has 0 aliphatic heterocycles. The Kier molecular flexibility index (Phi) is 4.79.